The van der Waals surface area contributed by atoms with E-state index in [0.717, 1.165) is 49.2 Å². The van der Waals surface area contributed by atoms with E-state index in [9.17, 15) is 26.3 Å². The van der Waals surface area contributed by atoms with Crippen molar-refractivity contribution in [2.45, 2.75) is 0 Å². The number of fused-ring (bicyclic) bond motifs is 6. The van der Waals surface area contributed by atoms with Crippen LogP contribution in [0.15, 0.2) is 109 Å². The topological polar surface area (TPSA) is 142 Å². The highest BCUT2D eigenvalue weighted by atomic mass is 15.0. The molecule has 48 heavy (non-hydrogen) atoms. The van der Waals surface area contributed by atoms with Gasteiger partial charge in [-0.1, -0.05) is 18.2 Å². The van der Waals surface area contributed by atoms with Crippen molar-refractivity contribution in [1.82, 2.24) is 14.1 Å². The van der Waals surface area contributed by atoms with Crippen molar-refractivity contribution in [2.24, 2.45) is 0 Å². The Labute approximate surface area is 273 Å². The van der Waals surface area contributed by atoms with E-state index in [1.807, 2.05) is 66.7 Å². The molecule has 0 N–H and O–H groups in total. The van der Waals surface area contributed by atoms with Crippen molar-refractivity contribution in [3.63, 3.8) is 0 Å². The summed E-state index contributed by atoms with van der Waals surface area (Å²) in [4.78, 5) is 4.77. The molecule has 218 valence electrons. The summed E-state index contributed by atoms with van der Waals surface area (Å²) in [6.07, 6.45) is 3.52. The lowest BCUT2D eigenvalue weighted by atomic mass is 9.97. The Hall–Kier alpha value is -7.70. The largest absolute Gasteiger partial charge is 0.307 e. The zero-order valence-electron chi connectivity index (χ0n) is 25.0. The first-order valence-corrected chi connectivity index (χ1v) is 14.8. The number of rotatable bonds is 3. The number of hydrogen-bond donors (Lipinski definition) is 0. The molecule has 3 aromatic heterocycles. The van der Waals surface area contributed by atoms with Crippen LogP contribution in [-0.4, -0.2) is 14.1 Å². The molecule has 8 aromatic rings. The van der Waals surface area contributed by atoms with Crippen LogP contribution in [0.4, 0.5) is 0 Å². The lowest BCUT2D eigenvalue weighted by molar-refractivity contribution is 1.09. The van der Waals surface area contributed by atoms with Crippen molar-refractivity contribution < 1.29 is 0 Å². The molecule has 0 aliphatic heterocycles. The predicted molar refractivity (Wildman–Crippen MR) is 182 cm³/mol. The summed E-state index contributed by atoms with van der Waals surface area (Å²) >= 11 is 0. The molecule has 0 saturated heterocycles. The van der Waals surface area contributed by atoms with Crippen LogP contribution in [0.3, 0.4) is 0 Å². The average molecular weight is 611 g/mol. The standard InChI is InChI=1S/C40H18N8/c41-17-24-5-9-34-30(13-24)31-14-25(18-42)6-10-35(31)47(34)38-22-46-23-39(40(38)29-4-2-1-3-28(29)21-45)48-36-11-7-26(19-43)15-32(36)33-16-27(20-44)8-12-37(33)48/h1-16,22-23H. The summed E-state index contributed by atoms with van der Waals surface area (Å²) < 4.78 is 4.12. The van der Waals surface area contributed by atoms with Crippen LogP contribution < -0.4 is 0 Å². The first-order valence-electron chi connectivity index (χ1n) is 14.8. The zero-order valence-corrected chi connectivity index (χ0v) is 25.0. The van der Waals surface area contributed by atoms with Crippen molar-refractivity contribution in [2.75, 3.05) is 0 Å². The molecule has 0 atom stereocenters. The van der Waals surface area contributed by atoms with Crippen molar-refractivity contribution in [1.29, 1.82) is 26.3 Å². The molecule has 8 nitrogen and oxygen atoms in total. The molecular weight excluding hydrogens is 592 g/mol. The SMILES string of the molecule is N#Cc1ccc2c(c1)c1cc(C#N)ccc1n2-c1cncc(-n2c3ccc(C#N)cc3c3cc(C#N)ccc32)c1-c1ccccc1C#N. The fourth-order valence-electron chi connectivity index (χ4n) is 6.70. The number of hydrogen-bond acceptors (Lipinski definition) is 6. The normalized spacial score (nSPS) is 10.8. The van der Waals surface area contributed by atoms with E-state index in [1.54, 1.807) is 42.7 Å². The third kappa shape index (κ3) is 4.01. The highest BCUT2D eigenvalue weighted by Gasteiger charge is 2.24. The van der Waals surface area contributed by atoms with Crippen LogP contribution in [0.25, 0.3) is 66.1 Å². The average Bonchev–Trinajstić information content (AvgIpc) is 3.65. The van der Waals surface area contributed by atoms with Gasteiger partial charge in [-0.3, -0.25) is 4.98 Å². The van der Waals surface area contributed by atoms with Gasteiger partial charge >= 0.3 is 0 Å². The van der Waals surface area contributed by atoms with Crippen molar-refractivity contribution >= 4 is 43.6 Å². The number of nitriles is 5. The number of pyridine rings is 1. The third-order valence-corrected chi connectivity index (χ3v) is 8.75. The fraction of sp³-hybridized carbons (Fsp3) is 0. The summed E-state index contributed by atoms with van der Waals surface area (Å²) in [5.74, 6) is 0. The Bertz CT molecular complexity index is 2600. The molecule has 0 unspecified atom stereocenters. The summed E-state index contributed by atoms with van der Waals surface area (Å²) in [6, 6.07) is 40.5. The maximum Gasteiger partial charge on any atom is 0.0998 e. The maximum absolute atomic E-state index is 10.3. The monoisotopic (exact) mass is 610 g/mol. The Balaban J connectivity index is 1.58. The van der Waals surface area contributed by atoms with Crippen LogP contribution in [0.1, 0.15) is 27.8 Å². The predicted octanol–water partition coefficient (Wildman–Crippen LogP) is 8.30. The van der Waals surface area contributed by atoms with E-state index in [0.29, 0.717) is 44.8 Å². The van der Waals surface area contributed by atoms with Gasteiger partial charge in [0.15, 0.2) is 0 Å². The van der Waals surface area contributed by atoms with E-state index in [2.05, 4.69) is 39.5 Å². The van der Waals surface area contributed by atoms with Gasteiger partial charge in [-0.15, -0.1) is 0 Å². The van der Waals surface area contributed by atoms with Gasteiger partial charge in [0, 0.05) is 32.7 Å². The van der Waals surface area contributed by atoms with Gasteiger partial charge in [0.25, 0.3) is 0 Å². The molecule has 5 aromatic carbocycles. The quantitative estimate of drug-likeness (QED) is 0.197. The molecular formula is C40H18N8. The van der Waals surface area contributed by atoms with Gasteiger partial charge in [0.05, 0.1) is 104 Å². The number of benzene rings is 5. The molecule has 0 radical (unpaired) electrons. The molecule has 8 heteroatoms. The van der Waals surface area contributed by atoms with E-state index in [4.69, 9.17) is 4.98 Å². The van der Waals surface area contributed by atoms with E-state index in [1.165, 1.54) is 0 Å². The van der Waals surface area contributed by atoms with Crippen LogP contribution in [0.2, 0.25) is 0 Å². The van der Waals surface area contributed by atoms with Crippen molar-refractivity contribution in [3.05, 3.63) is 137 Å². The number of aromatic nitrogens is 3. The molecule has 0 spiro atoms. The van der Waals surface area contributed by atoms with Crippen LogP contribution in [-0.2, 0) is 0 Å². The third-order valence-electron chi connectivity index (χ3n) is 8.75. The molecule has 0 aliphatic rings. The van der Waals surface area contributed by atoms with Gasteiger partial charge in [-0.2, -0.15) is 26.3 Å². The molecule has 0 fully saturated rings. The molecule has 3 heterocycles. The summed E-state index contributed by atoms with van der Waals surface area (Å²) in [7, 11) is 0. The summed E-state index contributed by atoms with van der Waals surface area (Å²) in [5, 5.41) is 52.5. The molecule has 0 amide bonds. The van der Waals surface area contributed by atoms with Gasteiger partial charge in [-0.05, 0) is 78.9 Å². The van der Waals surface area contributed by atoms with E-state index in [-0.39, 0.29) is 0 Å². The first kappa shape index (κ1) is 27.8. The second-order valence-electron chi connectivity index (χ2n) is 11.3. The van der Waals surface area contributed by atoms with Crippen LogP contribution >= 0.6 is 0 Å². The lowest BCUT2D eigenvalue weighted by Crippen LogP contribution is -2.05. The molecule has 0 bridgehead atoms. The van der Waals surface area contributed by atoms with Gasteiger partial charge in [-0.25, -0.2) is 0 Å². The minimum Gasteiger partial charge on any atom is -0.307 e. The van der Waals surface area contributed by atoms with E-state index < -0.39 is 0 Å². The molecule has 8 rings (SSSR count). The van der Waals surface area contributed by atoms with Gasteiger partial charge in [0.2, 0.25) is 0 Å². The zero-order chi connectivity index (χ0) is 32.9. The molecule has 0 saturated carbocycles. The Morgan fingerprint density at radius 3 is 1.17 bits per heavy atom. The highest BCUT2D eigenvalue weighted by molar-refractivity contribution is 6.12. The first-order chi connectivity index (χ1) is 23.6. The second-order valence-corrected chi connectivity index (χ2v) is 11.3. The van der Waals surface area contributed by atoms with Crippen molar-refractivity contribution in [3.8, 4) is 52.8 Å². The van der Waals surface area contributed by atoms with Crippen LogP contribution in [0, 0.1) is 56.7 Å². The maximum atomic E-state index is 10.3. The second kappa shape index (κ2) is 10.7. The lowest BCUT2D eigenvalue weighted by Gasteiger charge is -2.20. The Morgan fingerprint density at radius 2 is 0.812 bits per heavy atom. The minimum absolute atomic E-state index is 0.463. The smallest absolute Gasteiger partial charge is 0.0998 e. The van der Waals surface area contributed by atoms with Crippen LogP contribution in [0.5, 0.6) is 0 Å². The fourth-order valence-corrected chi connectivity index (χ4v) is 6.70. The van der Waals surface area contributed by atoms with Gasteiger partial charge in [0.1, 0.15) is 0 Å². The minimum atomic E-state index is 0.463. The summed E-state index contributed by atoms with van der Waals surface area (Å²) in [6.45, 7) is 0. The highest BCUT2D eigenvalue weighted by Crippen LogP contribution is 2.42. The van der Waals surface area contributed by atoms with E-state index >= 15 is 0 Å². The van der Waals surface area contributed by atoms with Gasteiger partial charge < -0.3 is 9.13 Å². The Kier molecular flexibility index (Phi) is 6.22. The Morgan fingerprint density at radius 1 is 0.438 bits per heavy atom. The number of nitrogens with zero attached hydrogens (tertiary/aromatic N) is 8. The molecule has 0 aliphatic carbocycles. The summed E-state index contributed by atoms with van der Waals surface area (Å²) in [5.41, 5.74) is 8.39.